The number of hydrogen-bond acceptors (Lipinski definition) is 5. The lowest BCUT2D eigenvalue weighted by atomic mass is 9.98. The van der Waals surface area contributed by atoms with Gasteiger partial charge >= 0.3 is 0 Å². The van der Waals surface area contributed by atoms with Gasteiger partial charge in [0, 0.05) is 18.4 Å². The molecule has 0 saturated heterocycles. The third-order valence-corrected chi connectivity index (χ3v) is 5.20. The zero-order chi connectivity index (χ0) is 21.5. The van der Waals surface area contributed by atoms with E-state index in [0.29, 0.717) is 5.82 Å². The van der Waals surface area contributed by atoms with Gasteiger partial charge in [-0.25, -0.2) is 9.67 Å². The molecule has 31 heavy (non-hydrogen) atoms. The second-order valence-electron chi connectivity index (χ2n) is 7.45. The summed E-state index contributed by atoms with van der Waals surface area (Å²) in [5.74, 6) is 2.53. The minimum absolute atomic E-state index is 0.594. The van der Waals surface area contributed by atoms with Gasteiger partial charge in [0.15, 0.2) is 5.82 Å². The van der Waals surface area contributed by atoms with Crippen molar-refractivity contribution in [2.24, 2.45) is 0 Å². The van der Waals surface area contributed by atoms with Crippen LogP contribution in [0.1, 0.15) is 43.9 Å². The van der Waals surface area contributed by atoms with Crippen LogP contribution in [0.15, 0.2) is 60.7 Å². The zero-order valence-electron chi connectivity index (χ0n) is 18.0. The second-order valence-corrected chi connectivity index (χ2v) is 7.45. The van der Waals surface area contributed by atoms with Crippen LogP contribution >= 0.6 is 0 Å². The monoisotopic (exact) mass is 413 g/mol. The number of allylic oxidation sites excluding steroid dienone is 2. The molecule has 0 fully saturated rings. The second kappa shape index (κ2) is 9.93. The first-order valence-corrected chi connectivity index (χ1v) is 10.7. The maximum Gasteiger partial charge on any atom is 0.205 e. The van der Waals surface area contributed by atoms with Crippen molar-refractivity contribution in [3.63, 3.8) is 0 Å². The highest BCUT2D eigenvalue weighted by molar-refractivity contribution is 5.80. The van der Waals surface area contributed by atoms with Gasteiger partial charge in [0.2, 0.25) is 5.82 Å². The van der Waals surface area contributed by atoms with Crippen LogP contribution in [0.25, 0.3) is 22.5 Å². The first-order chi connectivity index (χ1) is 15.3. The summed E-state index contributed by atoms with van der Waals surface area (Å²) >= 11 is 0. The average Bonchev–Trinajstić information content (AvgIpc) is 3.47. The van der Waals surface area contributed by atoms with Gasteiger partial charge in [0.1, 0.15) is 5.82 Å². The van der Waals surface area contributed by atoms with Crippen molar-refractivity contribution in [1.29, 1.82) is 0 Å². The fraction of sp³-hybridized carbons (Fsp3) is 0.292. The van der Waals surface area contributed by atoms with Gasteiger partial charge in [0.05, 0.1) is 6.54 Å². The highest BCUT2D eigenvalue weighted by Gasteiger charge is 2.12. The summed E-state index contributed by atoms with van der Waals surface area (Å²) in [5, 5.41) is 19.2. The van der Waals surface area contributed by atoms with Gasteiger partial charge in [-0.3, -0.25) is 0 Å². The molecule has 4 aromatic rings. The summed E-state index contributed by atoms with van der Waals surface area (Å²) < 4.78 is 2.02. The zero-order valence-corrected chi connectivity index (χ0v) is 18.0. The average molecular weight is 414 g/mol. The molecular formula is C24H27N7. The number of nitrogens with zero attached hydrogens (tertiary/aromatic N) is 6. The topological polar surface area (TPSA) is 85.2 Å². The molecule has 2 heterocycles. The van der Waals surface area contributed by atoms with Crippen molar-refractivity contribution in [3.05, 3.63) is 77.9 Å². The van der Waals surface area contributed by atoms with Gasteiger partial charge in [-0.15, -0.1) is 10.2 Å². The molecule has 7 heteroatoms. The van der Waals surface area contributed by atoms with E-state index in [1.807, 2.05) is 35.9 Å². The Balaban J connectivity index is 1.57. The molecule has 0 unspecified atom stereocenters. The van der Waals surface area contributed by atoms with E-state index in [-0.39, 0.29) is 0 Å². The quantitative estimate of drug-likeness (QED) is 0.404. The molecule has 158 valence electrons. The summed E-state index contributed by atoms with van der Waals surface area (Å²) in [6.45, 7) is 4.97. The first-order valence-electron chi connectivity index (χ1n) is 10.7. The minimum Gasteiger partial charge on any atom is -0.246 e. The smallest absolute Gasteiger partial charge is 0.205 e. The molecule has 4 rings (SSSR count). The van der Waals surface area contributed by atoms with Gasteiger partial charge in [-0.2, -0.15) is 10.3 Å². The summed E-state index contributed by atoms with van der Waals surface area (Å²) in [7, 11) is 0. The van der Waals surface area contributed by atoms with Crippen LogP contribution in [0.5, 0.6) is 0 Å². The maximum atomic E-state index is 4.82. The van der Waals surface area contributed by atoms with Crippen LogP contribution in [0, 0.1) is 0 Å². The molecule has 0 amide bonds. The Bertz CT molecular complexity index is 1130. The van der Waals surface area contributed by atoms with Crippen LogP contribution < -0.4 is 0 Å². The third-order valence-electron chi connectivity index (χ3n) is 5.20. The van der Waals surface area contributed by atoms with E-state index < -0.39 is 0 Å². The lowest BCUT2D eigenvalue weighted by Crippen LogP contribution is -2.05. The van der Waals surface area contributed by atoms with E-state index in [1.165, 1.54) is 5.56 Å². The van der Waals surface area contributed by atoms with Gasteiger partial charge in [-0.1, -0.05) is 74.0 Å². The predicted molar refractivity (Wildman–Crippen MR) is 121 cm³/mol. The molecular weight excluding hydrogens is 386 g/mol. The van der Waals surface area contributed by atoms with E-state index in [2.05, 4.69) is 64.0 Å². The van der Waals surface area contributed by atoms with E-state index >= 15 is 0 Å². The number of H-pyrrole nitrogens is 1. The molecule has 0 aliphatic rings. The number of aromatic amines is 1. The first kappa shape index (κ1) is 20.7. The Kier molecular flexibility index (Phi) is 6.62. The van der Waals surface area contributed by atoms with Crippen LogP contribution in [-0.4, -0.2) is 35.4 Å². The van der Waals surface area contributed by atoms with E-state index in [4.69, 9.17) is 10.1 Å². The van der Waals surface area contributed by atoms with Crippen molar-refractivity contribution in [2.45, 2.75) is 46.1 Å². The summed E-state index contributed by atoms with van der Waals surface area (Å²) in [6, 6.07) is 16.7. The number of benzene rings is 2. The summed E-state index contributed by atoms with van der Waals surface area (Å²) in [4.78, 5) is 4.82. The number of aryl methyl sites for hydroxylation is 1. The summed E-state index contributed by atoms with van der Waals surface area (Å²) in [5.41, 5.74) is 4.35. The molecule has 0 aliphatic heterocycles. The number of aromatic nitrogens is 7. The Hall–Kier alpha value is -3.61. The van der Waals surface area contributed by atoms with E-state index in [0.717, 1.165) is 60.6 Å². The number of tetrazole rings is 1. The van der Waals surface area contributed by atoms with Crippen LogP contribution in [0.2, 0.25) is 0 Å². The molecule has 0 bridgehead atoms. The highest BCUT2D eigenvalue weighted by atomic mass is 15.5. The van der Waals surface area contributed by atoms with Crippen molar-refractivity contribution < 1.29 is 0 Å². The van der Waals surface area contributed by atoms with Crippen molar-refractivity contribution in [2.75, 3.05) is 0 Å². The van der Waals surface area contributed by atoms with Crippen LogP contribution in [0.3, 0.4) is 0 Å². The maximum absolute atomic E-state index is 4.82. The molecule has 0 saturated carbocycles. The number of nitrogens with one attached hydrogen (secondary N) is 1. The molecule has 2 aromatic heterocycles. The minimum atomic E-state index is 0.594. The number of hydrogen-bond donors (Lipinski definition) is 1. The molecule has 0 spiro atoms. The number of unbranched alkanes of at least 4 members (excludes halogenated alkanes) is 1. The third kappa shape index (κ3) is 4.94. The van der Waals surface area contributed by atoms with Crippen molar-refractivity contribution in [1.82, 2.24) is 35.4 Å². The largest absolute Gasteiger partial charge is 0.246 e. The fourth-order valence-corrected chi connectivity index (χ4v) is 3.54. The normalized spacial score (nSPS) is 11.4. The van der Waals surface area contributed by atoms with Crippen molar-refractivity contribution >= 4 is 0 Å². The Morgan fingerprint density at radius 2 is 1.84 bits per heavy atom. The predicted octanol–water partition coefficient (Wildman–Crippen LogP) is 4.63. The van der Waals surface area contributed by atoms with Gasteiger partial charge in [0.25, 0.3) is 0 Å². The van der Waals surface area contributed by atoms with Gasteiger partial charge in [-0.05, 0) is 35.2 Å². The Labute approximate surface area is 182 Å². The van der Waals surface area contributed by atoms with Crippen LogP contribution in [-0.2, 0) is 19.4 Å². The van der Waals surface area contributed by atoms with Crippen molar-refractivity contribution in [3.8, 4) is 22.5 Å². The van der Waals surface area contributed by atoms with Gasteiger partial charge < -0.3 is 0 Å². The number of rotatable bonds is 9. The standard InChI is InChI=1S/C24H27N7/c1-3-5-11-22-25-23(31(28-22)16-6-4-2)17-18-12-14-19(15-13-18)20-9-7-8-10-21(20)24-26-29-30-27-24/h4,6-10,12-15H,3,5,11,16-17H2,1-2H3,(H,26,27,29,30)/b6-4+. The lowest BCUT2D eigenvalue weighted by Gasteiger charge is -2.08. The van der Waals surface area contributed by atoms with E-state index in [9.17, 15) is 0 Å². The lowest BCUT2D eigenvalue weighted by molar-refractivity contribution is 0.646. The fourth-order valence-electron chi connectivity index (χ4n) is 3.54. The van der Waals surface area contributed by atoms with E-state index in [1.54, 1.807) is 0 Å². The highest BCUT2D eigenvalue weighted by Crippen LogP contribution is 2.29. The SMILES string of the molecule is C/C=C/Cn1nc(CCCC)nc1Cc1ccc(-c2ccccc2-c2nn[nH]n2)cc1. The molecule has 0 radical (unpaired) electrons. The van der Waals surface area contributed by atoms with Crippen LogP contribution in [0.4, 0.5) is 0 Å². The Morgan fingerprint density at radius 1 is 1.03 bits per heavy atom. The Morgan fingerprint density at radius 3 is 2.55 bits per heavy atom. The molecule has 1 N–H and O–H groups in total. The molecule has 0 aliphatic carbocycles. The summed E-state index contributed by atoms with van der Waals surface area (Å²) in [6.07, 6.45) is 8.10. The molecule has 7 nitrogen and oxygen atoms in total. The molecule has 2 aromatic carbocycles. The molecule has 0 atom stereocenters.